The van der Waals surface area contributed by atoms with E-state index in [9.17, 15) is 4.79 Å². The minimum Gasteiger partial charge on any atom is -0.444 e. The molecule has 5 heteroatoms. The number of rotatable bonds is 1. The van der Waals surface area contributed by atoms with Gasteiger partial charge in [0.05, 0.1) is 6.04 Å². The number of halogens is 1. The minimum atomic E-state index is -0.480. The van der Waals surface area contributed by atoms with E-state index < -0.39 is 5.60 Å². The van der Waals surface area contributed by atoms with Crippen LogP contribution in [-0.4, -0.2) is 28.1 Å². The van der Waals surface area contributed by atoms with Crippen molar-refractivity contribution in [3.05, 3.63) is 28.5 Å². The Balaban J connectivity index is 2.24. The molecular weight excluding hydrogens is 288 g/mol. The quantitative estimate of drug-likeness (QED) is 0.717. The van der Waals surface area contributed by atoms with Gasteiger partial charge in [0.2, 0.25) is 0 Å². The molecule has 1 atom stereocenters. The van der Waals surface area contributed by atoms with Gasteiger partial charge in [-0.1, -0.05) is 11.6 Å². The van der Waals surface area contributed by atoms with Crippen LogP contribution in [-0.2, 0) is 4.74 Å². The highest BCUT2D eigenvalue weighted by atomic mass is 35.5. The molecule has 0 spiro atoms. The number of ether oxygens (including phenoxy) is 1. The zero-order valence-electron chi connectivity index (χ0n) is 13.1. The van der Waals surface area contributed by atoms with E-state index in [0.29, 0.717) is 5.15 Å². The number of nitrogens with zero attached hydrogens (tertiary/aromatic N) is 2. The maximum absolute atomic E-state index is 12.4. The molecule has 116 valence electrons. The molecule has 1 fully saturated rings. The van der Waals surface area contributed by atoms with Crippen molar-refractivity contribution in [3.63, 3.8) is 0 Å². The fourth-order valence-corrected chi connectivity index (χ4v) is 2.89. The lowest BCUT2D eigenvalue weighted by molar-refractivity contribution is 0.00942. The number of amides is 1. The number of aryl methyl sites for hydroxylation is 1. The summed E-state index contributed by atoms with van der Waals surface area (Å²) in [5, 5.41) is 0.482. The Morgan fingerprint density at radius 1 is 1.43 bits per heavy atom. The molecule has 4 nitrogen and oxygen atoms in total. The van der Waals surface area contributed by atoms with E-state index in [2.05, 4.69) is 4.98 Å². The van der Waals surface area contributed by atoms with Gasteiger partial charge in [0.15, 0.2) is 0 Å². The zero-order valence-corrected chi connectivity index (χ0v) is 13.9. The summed E-state index contributed by atoms with van der Waals surface area (Å²) in [5.41, 5.74) is 1.65. The first-order valence-electron chi connectivity index (χ1n) is 7.39. The Kier molecular flexibility index (Phi) is 4.77. The minimum absolute atomic E-state index is 0.0263. The second kappa shape index (κ2) is 6.22. The normalized spacial score (nSPS) is 19.5. The molecule has 2 rings (SSSR count). The molecule has 1 aliphatic rings. The van der Waals surface area contributed by atoms with Gasteiger partial charge in [-0.3, -0.25) is 0 Å². The molecule has 0 aromatic carbocycles. The van der Waals surface area contributed by atoms with Gasteiger partial charge in [-0.15, -0.1) is 0 Å². The number of piperidine rings is 1. The van der Waals surface area contributed by atoms with Crippen LogP contribution in [0.3, 0.4) is 0 Å². The molecule has 1 unspecified atom stereocenters. The van der Waals surface area contributed by atoms with Gasteiger partial charge in [-0.25, -0.2) is 9.78 Å². The van der Waals surface area contributed by atoms with Gasteiger partial charge in [0.1, 0.15) is 10.8 Å². The number of hydrogen-bond acceptors (Lipinski definition) is 3. The number of hydrogen-bond donors (Lipinski definition) is 0. The number of pyridine rings is 1. The molecular formula is C16H23ClN2O2. The Labute approximate surface area is 131 Å². The highest BCUT2D eigenvalue weighted by Crippen LogP contribution is 2.34. The summed E-state index contributed by atoms with van der Waals surface area (Å²) in [7, 11) is 0. The summed E-state index contributed by atoms with van der Waals surface area (Å²) in [6, 6.07) is 1.87. The van der Waals surface area contributed by atoms with Crippen molar-refractivity contribution < 1.29 is 9.53 Å². The summed E-state index contributed by atoms with van der Waals surface area (Å²) in [4.78, 5) is 18.4. The molecule has 1 amide bonds. The van der Waals surface area contributed by atoms with E-state index >= 15 is 0 Å². The average Bonchev–Trinajstić information content (AvgIpc) is 2.37. The first-order valence-corrected chi connectivity index (χ1v) is 7.77. The van der Waals surface area contributed by atoms with Crippen molar-refractivity contribution >= 4 is 17.7 Å². The molecule has 2 heterocycles. The third-order valence-corrected chi connectivity index (χ3v) is 3.81. The first-order chi connectivity index (χ1) is 9.78. The molecule has 21 heavy (non-hydrogen) atoms. The third-order valence-electron chi connectivity index (χ3n) is 3.61. The Hall–Kier alpha value is -1.29. The standard InChI is InChI=1S/C16H23ClN2O2/c1-11-9-14(17)18-10-12(11)13-7-5-6-8-19(13)15(20)21-16(2,3)4/h9-10,13H,5-8H2,1-4H3. The lowest BCUT2D eigenvalue weighted by Gasteiger charge is -2.37. The maximum atomic E-state index is 12.4. The Bertz CT molecular complexity index is 525. The lowest BCUT2D eigenvalue weighted by atomic mass is 9.94. The first kappa shape index (κ1) is 16.1. The van der Waals surface area contributed by atoms with Crippen molar-refractivity contribution in [2.75, 3.05) is 6.54 Å². The van der Waals surface area contributed by atoms with Crippen molar-refractivity contribution in [3.8, 4) is 0 Å². The summed E-state index contributed by atoms with van der Waals surface area (Å²) < 4.78 is 5.53. The Morgan fingerprint density at radius 3 is 2.76 bits per heavy atom. The SMILES string of the molecule is Cc1cc(Cl)ncc1C1CCCCN1C(=O)OC(C)(C)C. The van der Waals surface area contributed by atoms with E-state index in [4.69, 9.17) is 16.3 Å². The van der Waals surface area contributed by atoms with E-state index in [1.54, 1.807) is 6.20 Å². The van der Waals surface area contributed by atoms with Crippen LogP contribution < -0.4 is 0 Å². The molecule has 1 aromatic rings. The second-order valence-electron chi connectivity index (χ2n) is 6.55. The van der Waals surface area contributed by atoms with E-state index in [1.807, 2.05) is 38.7 Å². The Morgan fingerprint density at radius 2 is 2.14 bits per heavy atom. The van der Waals surface area contributed by atoms with Crippen LogP contribution in [0.2, 0.25) is 5.15 Å². The zero-order chi connectivity index (χ0) is 15.6. The molecule has 0 N–H and O–H groups in total. The van der Waals surface area contributed by atoms with Crippen molar-refractivity contribution in [1.29, 1.82) is 0 Å². The molecule has 0 radical (unpaired) electrons. The van der Waals surface area contributed by atoms with Crippen LogP contribution >= 0.6 is 11.6 Å². The van der Waals surface area contributed by atoms with Crippen LogP contribution in [0.4, 0.5) is 4.79 Å². The summed E-state index contributed by atoms with van der Waals surface area (Å²) >= 11 is 5.93. The smallest absolute Gasteiger partial charge is 0.410 e. The van der Waals surface area contributed by atoms with Crippen molar-refractivity contribution in [2.45, 2.75) is 58.6 Å². The number of likely N-dealkylation sites (tertiary alicyclic amines) is 1. The van der Waals surface area contributed by atoms with Gasteiger partial charge in [0, 0.05) is 12.7 Å². The number of aromatic nitrogens is 1. The lowest BCUT2D eigenvalue weighted by Crippen LogP contribution is -2.42. The fourth-order valence-electron chi connectivity index (χ4n) is 2.68. The monoisotopic (exact) mass is 310 g/mol. The van der Waals surface area contributed by atoms with Gasteiger partial charge in [-0.05, 0) is 64.2 Å². The van der Waals surface area contributed by atoms with E-state index in [1.165, 1.54) is 0 Å². The van der Waals surface area contributed by atoms with Gasteiger partial charge in [-0.2, -0.15) is 0 Å². The highest BCUT2D eigenvalue weighted by Gasteiger charge is 2.32. The van der Waals surface area contributed by atoms with E-state index in [-0.39, 0.29) is 12.1 Å². The summed E-state index contributed by atoms with van der Waals surface area (Å²) in [6.45, 7) is 8.39. The maximum Gasteiger partial charge on any atom is 0.410 e. The predicted octanol–water partition coefficient (Wildman–Crippen LogP) is 4.51. The molecule has 1 saturated heterocycles. The molecule has 1 aromatic heterocycles. The fraction of sp³-hybridized carbons (Fsp3) is 0.625. The van der Waals surface area contributed by atoms with E-state index in [0.717, 1.165) is 36.9 Å². The highest BCUT2D eigenvalue weighted by molar-refractivity contribution is 6.29. The predicted molar refractivity (Wildman–Crippen MR) is 83.5 cm³/mol. The van der Waals surface area contributed by atoms with Crippen molar-refractivity contribution in [2.24, 2.45) is 0 Å². The molecule has 0 bridgehead atoms. The average molecular weight is 311 g/mol. The third kappa shape index (κ3) is 4.10. The topological polar surface area (TPSA) is 42.4 Å². The molecule has 0 saturated carbocycles. The molecule has 1 aliphatic heterocycles. The second-order valence-corrected chi connectivity index (χ2v) is 6.94. The van der Waals surface area contributed by atoms with Crippen LogP contribution in [0.15, 0.2) is 12.3 Å². The summed E-state index contributed by atoms with van der Waals surface area (Å²) in [6.07, 6.45) is 4.58. The van der Waals surface area contributed by atoms with Crippen LogP contribution in [0.5, 0.6) is 0 Å². The van der Waals surface area contributed by atoms with Crippen molar-refractivity contribution in [1.82, 2.24) is 9.88 Å². The van der Waals surface area contributed by atoms with Crippen LogP contribution in [0.25, 0.3) is 0 Å². The molecule has 0 aliphatic carbocycles. The van der Waals surface area contributed by atoms with Gasteiger partial charge in [0.25, 0.3) is 0 Å². The largest absolute Gasteiger partial charge is 0.444 e. The summed E-state index contributed by atoms with van der Waals surface area (Å²) in [5.74, 6) is 0. The number of carbonyl (C=O) groups excluding carboxylic acids is 1. The van der Waals surface area contributed by atoms with Gasteiger partial charge >= 0.3 is 6.09 Å². The van der Waals surface area contributed by atoms with Crippen LogP contribution in [0.1, 0.15) is 57.2 Å². The van der Waals surface area contributed by atoms with Gasteiger partial charge < -0.3 is 9.64 Å². The van der Waals surface area contributed by atoms with Crippen LogP contribution in [0, 0.1) is 6.92 Å². The number of carbonyl (C=O) groups is 1.